The number of ether oxygens (including phenoxy) is 2. The molecule has 7 heteroatoms. The molecular formula is C26H24ClN3O3. The number of fused-ring (bicyclic) bond motifs is 2. The zero-order valence-electron chi connectivity index (χ0n) is 18.3. The van der Waals surface area contributed by atoms with Crippen LogP contribution in [0.1, 0.15) is 12.5 Å². The molecule has 6 nitrogen and oxygen atoms in total. The normalized spacial score (nSPS) is 17.3. The molecule has 0 N–H and O–H groups in total. The predicted molar refractivity (Wildman–Crippen MR) is 129 cm³/mol. The molecule has 0 saturated carbocycles. The van der Waals surface area contributed by atoms with Crippen molar-refractivity contribution in [2.45, 2.75) is 13.0 Å². The zero-order valence-corrected chi connectivity index (χ0v) is 19.0. The van der Waals surface area contributed by atoms with Crippen LogP contribution in [0, 0.1) is 0 Å². The van der Waals surface area contributed by atoms with Gasteiger partial charge in [0.1, 0.15) is 23.0 Å². The maximum Gasteiger partial charge on any atom is 0.260 e. The van der Waals surface area contributed by atoms with Crippen molar-refractivity contribution in [3.63, 3.8) is 0 Å². The molecule has 5 rings (SSSR count). The molecule has 3 aromatic rings. The van der Waals surface area contributed by atoms with E-state index in [0.29, 0.717) is 30.4 Å². The van der Waals surface area contributed by atoms with E-state index in [2.05, 4.69) is 11.8 Å². The summed E-state index contributed by atoms with van der Waals surface area (Å²) < 4.78 is 11.8. The molecule has 1 unspecified atom stereocenters. The Kier molecular flexibility index (Phi) is 5.92. The molecule has 33 heavy (non-hydrogen) atoms. The molecule has 0 aromatic heterocycles. The number of para-hydroxylation sites is 3. The van der Waals surface area contributed by atoms with Crippen LogP contribution in [0.15, 0.2) is 77.8 Å². The molecule has 1 atom stereocenters. The highest BCUT2D eigenvalue weighted by Crippen LogP contribution is 2.38. The van der Waals surface area contributed by atoms with Gasteiger partial charge in [0.05, 0.1) is 5.56 Å². The van der Waals surface area contributed by atoms with E-state index in [9.17, 15) is 4.79 Å². The van der Waals surface area contributed by atoms with Crippen molar-refractivity contribution in [1.29, 1.82) is 0 Å². The number of amidine groups is 1. The highest BCUT2D eigenvalue weighted by Gasteiger charge is 2.31. The molecule has 2 aliphatic heterocycles. The lowest BCUT2D eigenvalue weighted by atomic mass is 10.1. The average Bonchev–Trinajstić information content (AvgIpc) is 3.00. The fraction of sp³-hybridized carbons (Fsp3) is 0.231. The van der Waals surface area contributed by atoms with Crippen molar-refractivity contribution in [2.75, 3.05) is 26.2 Å². The van der Waals surface area contributed by atoms with Crippen LogP contribution in [-0.2, 0) is 4.79 Å². The summed E-state index contributed by atoms with van der Waals surface area (Å²) in [5.74, 6) is 2.98. The van der Waals surface area contributed by atoms with Crippen molar-refractivity contribution in [3.8, 4) is 17.2 Å². The van der Waals surface area contributed by atoms with Gasteiger partial charge in [-0.15, -0.1) is 0 Å². The van der Waals surface area contributed by atoms with Crippen LogP contribution < -0.4 is 9.47 Å². The molecule has 0 aliphatic carbocycles. The summed E-state index contributed by atoms with van der Waals surface area (Å²) in [5.41, 5.74) is 1.75. The summed E-state index contributed by atoms with van der Waals surface area (Å²) in [6, 6.07) is 22.8. The van der Waals surface area contributed by atoms with Gasteiger partial charge in [0.2, 0.25) is 0 Å². The van der Waals surface area contributed by atoms with E-state index >= 15 is 0 Å². The van der Waals surface area contributed by atoms with Crippen molar-refractivity contribution in [1.82, 2.24) is 9.80 Å². The molecule has 1 saturated heterocycles. The standard InChI is InChI=1S/C26H24ClN3O3/c1-18-16-29(14-15-30(18)25(31)17-32-20-12-10-19(27)11-13-20)26-21-6-2-4-8-23(21)33-24-9-5-3-7-22(24)28-26/h2-13,18H,14-17H2,1H3. The van der Waals surface area contributed by atoms with Gasteiger partial charge in [0.15, 0.2) is 12.4 Å². The van der Waals surface area contributed by atoms with Gasteiger partial charge in [0.25, 0.3) is 5.91 Å². The number of hydrogen-bond acceptors (Lipinski definition) is 5. The van der Waals surface area contributed by atoms with Crippen molar-refractivity contribution < 1.29 is 14.3 Å². The van der Waals surface area contributed by atoms with Gasteiger partial charge in [0, 0.05) is 30.7 Å². The largest absolute Gasteiger partial charge is 0.484 e. The van der Waals surface area contributed by atoms with Crippen LogP contribution in [0.25, 0.3) is 0 Å². The first-order chi connectivity index (χ1) is 16.1. The van der Waals surface area contributed by atoms with E-state index in [1.807, 2.05) is 53.4 Å². The maximum absolute atomic E-state index is 12.9. The third kappa shape index (κ3) is 4.52. The summed E-state index contributed by atoms with van der Waals surface area (Å²) in [4.78, 5) is 21.9. The van der Waals surface area contributed by atoms with Crippen molar-refractivity contribution in [2.24, 2.45) is 4.99 Å². The first-order valence-corrected chi connectivity index (χ1v) is 11.3. The van der Waals surface area contributed by atoms with E-state index < -0.39 is 0 Å². The van der Waals surface area contributed by atoms with Crippen LogP contribution in [0.4, 0.5) is 5.69 Å². The molecule has 2 heterocycles. The fourth-order valence-electron chi connectivity index (χ4n) is 4.19. The van der Waals surface area contributed by atoms with Gasteiger partial charge in [-0.2, -0.15) is 0 Å². The molecule has 0 bridgehead atoms. The minimum absolute atomic E-state index is 0.00301. The van der Waals surface area contributed by atoms with E-state index in [-0.39, 0.29) is 18.6 Å². The summed E-state index contributed by atoms with van der Waals surface area (Å²) in [5, 5.41) is 0.634. The molecule has 0 radical (unpaired) electrons. The molecule has 3 aromatic carbocycles. The van der Waals surface area contributed by atoms with Crippen LogP contribution in [0.5, 0.6) is 17.2 Å². The maximum atomic E-state index is 12.9. The monoisotopic (exact) mass is 461 g/mol. The van der Waals surface area contributed by atoms with E-state index in [0.717, 1.165) is 28.6 Å². The highest BCUT2D eigenvalue weighted by atomic mass is 35.5. The van der Waals surface area contributed by atoms with Crippen LogP contribution in [0.3, 0.4) is 0 Å². The Bertz CT molecular complexity index is 1200. The third-order valence-corrected chi connectivity index (χ3v) is 6.11. The van der Waals surface area contributed by atoms with Gasteiger partial charge in [-0.1, -0.05) is 35.9 Å². The topological polar surface area (TPSA) is 54.4 Å². The number of aliphatic imine (C=N–C) groups is 1. The molecule has 2 aliphatic rings. The lowest BCUT2D eigenvalue weighted by molar-refractivity contribution is -0.137. The number of halogens is 1. The number of hydrogen-bond donors (Lipinski definition) is 0. The second-order valence-electron chi connectivity index (χ2n) is 8.13. The van der Waals surface area contributed by atoms with Crippen LogP contribution >= 0.6 is 11.6 Å². The fourth-order valence-corrected chi connectivity index (χ4v) is 4.32. The van der Waals surface area contributed by atoms with Crippen molar-refractivity contribution in [3.05, 3.63) is 83.4 Å². The van der Waals surface area contributed by atoms with Crippen LogP contribution in [0.2, 0.25) is 5.02 Å². The van der Waals surface area contributed by atoms with E-state index in [1.54, 1.807) is 24.3 Å². The molecule has 1 amide bonds. The van der Waals surface area contributed by atoms with Gasteiger partial charge >= 0.3 is 0 Å². The van der Waals surface area contributed by atoms with Gasteiger partial charge in [-0.3, -0.25) is 4.79 Å². The Morgan fingerprint density at radius 1 is 1.03 bits per heavy atom. The number of piperazine rings is 1. The van der Waals surface area contributed by atoms with Gasteiger partial charge in [-0.05, 0) is 55.5 Å². The lowest BCUT2D eigenvalue weighted by Crippen LogP contribution is -2.56. The Morgan fingerprint density at radius 2 is 1.76 bits per heavy atom. The number of carbonyl (C=O) groups excluding carboxylic acids is 1. The van der Waals surface area contributed by atoms with Gasteiger partial charge in [-0.25, -0.2) is 4.99 Å². The summed E-state index contributed by atoms with van der Waals surface area (Å²) >= 11 is 5.91. The Labute approximate surface area is 198 Å². The minimum Gasteiger partial charge on any atom is -0.484 e. The van der Waals surface area contributed by atoms with Crippen molar-refractivity contribution >= 4 is 29.0 Å². The summed E-state index contributed by atoms with van der Waals surface area (Å²) in [7, 11) is 0. The quantitative estimate of drug-likeness (QED) is 0.542. The van der Waals surface area contributed by atoms with E-state index in [1.165, 1.54) is 0 Å². The highest BCUT2D eigenvalue weighted by molar-refractivity contribution is 6.30. The smallest absolute Gasteiger partial charge is 0.260 e. The predicted octanol–water partition coefficient (Wildman–Crippen LogP) is 5.14. The second-order valence-corrected chi connectivity index (χ2v) is 8.56. The molecule has 168 valence electrons. The van der Waals surface area contributed by atoms with Crippen LogP contribution in [-0.4, -0.2) is 53.8 Å². The number of carbonyl (C=O) groups is 1. The SMILES string of the molecule is CC1CN(C2=Nc3ccccc3Oc3ccccc32)CCN1C(=O)COc1ccc(Cl)cc1. The third-order valence-electron chi connectivity index (χ3n) is 5.86. The summed E-state index contributed by atoms with van der Waals surface area (Å²) in [6.45, 7) is 3.99. The summed E-state index contributed by atoms with van der Waals surface area (Å²) in [6.07, 6.45) is 0. The first-order valence-electron chi connectivity index (χ1n) is 11.0. The van der Waals surface area contributed by atoms with E-state index in [4.69, 9.17) is 26.1 Å². The lowest BCUT2D eigenvalue weighted by Gasteiger charge is -2.41. The number of amides is 1. The minimum atomic E-state index is -0.0333. The number of nitrogens with zero attached hydrogens (tertiary/aromatic N) is 3. The molecule has 1 fully saturated rings. The Hall–Kier alpha value is -3.51. The number of benzene rings is 3. The average molecular weight is 462 g/mol. The molecule has 0 spiro atoms. The Balaban J connectivity index is 1.31. The Morgan fingerprint density at radius 3 is 2.55 bits per heavy atom. The zero-order chi connectivity index (χ0) is 22.8. The number of rotatable bonds is 3. The van der Waals surface area contributed by atoms with Gasteiger partial charge < -0.3 is 19.3 Å². The first kappa shape index (κ1) is 21.3. The molecular weight excluding hydrogens is 438 g/mol. The second kappa shape index (κ2) is 9.16.